The summed E-state index contributed by atoms with van der Waals surface area (Å²) < 4.78 is 5.22. The summed E-state index contributed by atoms with van der Waals surface area (Å²) in [5.41, 5.74) is 1.28. The number of ether oxygens (including phenoxy) is 1. The molecule has 0 radical (unpaired) electrons. The van der Waals surface area contributed by atoms with Crippen molar-refractivity contribution >= 4 is 10.8 Å². The number of methoxy groups -OCH3 is 1. The molecule has 2 rings (SSSR count). The Kier molecular flexibility index (Phi) is 5.19. The summed E-state index contributed by atoms with van der Waals surface area (Å²) in [6.07, 6.45) is 1.88. The molecule has 0 bridgehead atoms. The standard InChI is InChI=1S/C16H21NO2/c1-19-16-7-6-14-10-13(4-5-15(14)11-16)12-17-8-2-3-9-18/h4-7,10-11,17-18H,2-3,8-9,12H2,1H3. The maximum atomic E-state index is 8.71. The van der Waals surface area contributed by atoms with Crippen LogP contribution in [0.2, 0.25) is 0 Å². The number of aliphatic hydroxyl groups is 1. The smallest absolute Gasteiger partial charge is 0.119 e. The fourth-order valence-corrected chi connectivity index (χ4v) is 2.10. The molecule has 0 aliphatic carbocycles. The molecule has 0 amide bonds. The largest absolute Gasteiger partial charge is 0.497 e. The van der Waals surface area contributed by atoms with Gasteiger partial charge in [0, 0.05) is 13.2 Å². The van der Waals surface area contributed by atoms with Crippen molar-refractivity contribution in [2.24, 2.45) is 0 Å². The molecule has 0 saturated heterocycles. The Balaban J connectivity index is 1.97. The zero-order chi connectivity index (χ0) is 13.5. The van der Waals surface area contributed by atoms with Crippen molar-refractivity contribution in [3.63, 3.8) is 0 Å². The van der Waals surface area contributed by atoms with E-state index >= 15 is 0 Å². The van der Waals surface area contributed by atoms with Gasteiger partial charge in [0.1, 0.15) is 5.75 Å². The van der Waals surface area contributed by atoms with Gasteiger partial charge in [0.2, 0.25) is 0 Å². The molecule has 0 spiro atoms. The Morgan fingerprint density at radius 3 is 2.63 bits per heavy atom. The van der Waals surface area contributed by atoms with E-state index in [9.17, 15) is 0 Å². The lowest BCUT2D eigenvalue weighted by atomic mass is 10.1. The van der Waals surface area contributed by atoms with Gasteiger partial charge in [0.05, 0.1) is 7.11 Å². The first kappa shape index (κ1) is 13.8. The lowest BCUT2D eigenvalue weighted by Gasteiger charge is -2.07. The zero-order valence-electron chi connectivity index (χ0n) is 11.4. The molecule has 0 aromatic heterocycles. The summed E-state index contributed by atoms with van der Waals surface area (Å²) in [5, 5.41) is 14.5. The van der Waals surface area contributed by atoms with Crippen LogP contribution in [0.3, 0.4) is 0 Å². The first-order chi connectivity index (χ1) is 9.33. The van der Waals surface area contributed by atoms with Gasteiger partial charge in [-0.15, -0.1) is 0 Å². The monoisotopic (exact) mass is 259 g/mol. The molecular formula is C16H21NO2. The van der Waals surface area contributed by atoms with E-state index in [1.807, 2.05) is 12.1 Å². The number of fused-ring (bicyclic) bond motifs is 1. The molecule has 2 aromatic carbocycles. The highest BCUT2D eigenvalue weighted by Gasteiger charge is 1.99. The van der Waals surface area contributed by atoms with Crippen molar-refractivity contribution in [2.45, 2.75) is 19.4 Å². The second kappa shape index (κ2) is 7.12. The number of unbranched alkanes of at least 4 members (excludes halogenated alkanes) is 1. The lowest BCUT2D eigenvalue weighted by Crippen LogP contribution is -2.14. The third-order valence-corrected chi connectivity index (χ3v) is 3.20. The molecule has 3 nitrogen and oxygen atoms in total. The zero-order valence-corrected chi connectivity index (χ0v) is 11.4. The van der Waals surface area contributed by atoms with E-state index in [1.165, 1.54) is 16.3 Å². The van der Waals surface area contributed by atoms with Crippen molar-refractivity contribution in [2.75, 3.05) is 20.3 Å². The fraction of sp³-hybridized carbons (Fsp3) is 0.375. The Hall–Kier alpha value is -1.58. The second-order valence-corrected chi connectivity index (χ2v) is 4.65. The van der Waals surface area contributed by atoms with Gasteiger partial charge in [-0.2, -0.15) is 0 Å². The molecule has 2 N–H and O–H groups in total. The molecule has 0 aliphatic heterocycles. The van der Waals surface area contributed by atoms with Crippen LogP contribution in [0.15, 0.2) is 36.4 Å². The van der Waals surface area contributed by atoms with Crippen LogP contribution >= 0.6 is 0 Å². The highest BCUT2D eigenvalue weighted by molar-refractivity contribution is 5.84. The molecule has 19 heavy (non-hydrogen) atoms. The normalized spacial score (nSPS) is 10.8. The summed E-state index contributed by atoms with van der Waals surface area (Å²) in [7, 11) is 1.69. The molecule has 3 heteroatoms. The van der Waals surface area contributed by atoms with Crippen LogP contribution in [-0.2, 0) is 6.54 Å². The molecule has 0 fully saturated rings. The predicted molar refractivity (Wildman–Crippen MR) is 78.5 cm³/mol. The molecule has 0 saturated carbocycles. The van der Waals surface area contributed by atoms with Crippen LogP contribution < -0.4 is 10.1 Å². The van der Waals surface area contributed by atoms with E-state index in [4.69, 9.17) is 9.84 Å². The van der Waals surface area contributed by atoms with Crippen molar-refractivity contribution in [1.82, 2.24) is 5.32 Å². The van der Waals surface area contributed by atoms with E-state index in [0.29, 0.717) is 0 Å². The van der Waals surface area contributed by atoms with Crippen LogP contribution in [0.4, 0.5) is 0 Å². The van der Waals surface area contributed by atoms with Crippen LogP contribution in [0.1, 0.15) is 18.4 Å². The number of benzene rings is 2. The number of hydrogen-bond acceptors (Lipinski definition) is 3. The van der Waals surface area contributed by atoms with Gasteiger partial charge < -0.3 is 15.2 Å². The number of hydrogen-bond donors (Lipinski definition) is 2. The summed E-state index contributed by atoms with van der Waals surface area (Å²) >= 11 is 0. The van der Waals surface area contributed by atoms with Crippen LogP contribution in [0.25, 0.3) is 10.8 Å². The average molecular weight is 259 g/mol. The van der Waals surface area contributed by atoms with Gasteiger partial charge in [-0.25, -0.2) is 0 Å². The van der Waals surface area contributed by atoms with Crippen LogP contribution in [-0.4, -0.2) is 25.4 Å². The maximum Gasteiger partial charge on any atom is 0.119 e. The fourth-order valence-electron chi connectivity index (χ4n) is 2.10. The van der Waals surface area contributed by atoms with Gasteiger partial charge in [0.15, 0.2) is 0 Å². The second-order valence-electron chi connectivity index (χ2n) is 4.65. The number of nitrogens with one attached hydrogen (secondary N) is 1. The minimum Gasteiger partial charge on any atom is -0.497 e. The van der Waals surface area contributed by atoms with Gasteiger partial charge in [0.25, 0.3) is 0 Å². The summed E-state index contributed by atoms with van der Waals surface area (Å²) in [4.78, 5) is 0. The molecule has 2 aromatic rings. The molecule has 102 valence electrons. The topological polar surface area (TPSA) is 41.5 Å². The first-order valence-corrected chi connectivity index (χ1v) is 6.72. The van der Waals surface area contributed by atoms with Gasteiger partial charge in [-0.3, -0.25) is 0 Å². The summed E-state index contributed by atoms with van der Waals surface area (Å²) in [6, 6.07) is 12.6. The SMILES string of the molecule is COc1ccc2cc(CNCCCCO)ccc2c1. The minimum absolute atomic E-state index is 0.277. The highest BCUT2D eigenvalue weighted by atomic mass is 16.5. The number of rotatable bonds is 7. The van der Waals surface area contributed by atoms with E-state index < -0.39 is 0 Å². The van der Waals surface area contributed by atoms with E-state index in [-0.39, 0.29) is 6.61 Å². The third-order valence-electron chi connectivity index (χ3n) is 3.20. The van der Waals surface area contributed by atoms with Crippen molar-refractivity contribution in [1.29, 1.82) is 0 Å². The van der Waals surface area contributed by atoms with Gasteiger partial charge in [-0.05, 0) is 53.9 Å². The molecular weight excluding hydrogens is 238 g/mol. The molecule has 0 heterocycles. The Bertz CT molecular complexity index is 525. The maximum absolute atomic E-state index is 8.71. The quantitative estimate of drug-likeness (QED) is 0.751. The Morgan fingerprint density at radius 1 is 1.05 bits per heavy atom. The highest BCUT2D eigenvalue weighted by Crippen LogP contribution is 2.21. The third kappa shape index (κ3) is 3.94. The summed E-state index contributed by atoms with van der Waals surface area (Å²) in [6.45, 7) is 2.09. The number of aliphatic hydroxyl groups excluding tert-OH is 1. The summed E-state index contributed by atoms with van der Waals surface area (Å²) in [5.74, 6) is 0.891. The average Bonchev–Trinajstić information content (AvgIpc) is 2.46. The Labute approximate surface area is 114 Å². The van der Waals surface area contributed by atoms with Crippen LogP contribution in [0.5, 0.6) is 5.75 Å². The van der Waals surface area contributed by atoms with E-state index in [0.717, 1.165) is 31.7 Å². The lowest BCUT2D eigenvalue weighted by molar-refractivity contribution is 0.283. The van der Waals surface area contributed by atoms with Crippen molar-refractivity contribution in [3.8, 4) is 5.75 Å². The predicted octanol–water partition coefficient (Wildman–Crippen LogP) is 2.71. The van der Waals surface area contributed by atoms with Crippen LogP contribution in [0, 0.1) is 0 Å². The van der Waals surface area contributed by atoms with Crippen molar-refractivity contribution < 1.29 is 9.84 Å². The van der Waals surface area contributed by atoms with E-state index in [1.54, 1.807) is 7.11 Å². The molecule has 0 unspecified atom stereocenters. The first-order valence-electron chi connectivity index (χ1n) is 6.72. The Morgan fingerprint density at radius 2 is 1.84 bits per heavy atom. The van der Waals surface area contributed by atoms with Gasteiger partial charge in [-0.1, -0.05) is 18.2 Å². The van der Waals surface area contributed by atoms with Gasteiger partial charge >= 0.3 is 0 Å². The van der Waals surface area contributed by atoms with E-state index in [2.05, 4.69) is 29.6 Å². The molecule has 0 atom stereocenters. The van der Waals surface area contributed by atoms with Crippen molar-refractivity contribution in [3.05, 3.63) is 42.0 Å². The molecule has 0 aliphatic rings. The minimum atomic E-state index is 0.277.